The second kappa shape index (κ2) is 11.2. The third-order valence-electron chi connectivity index (χ3n) is 3.21. The van der Waals surface area contributed by atoms with E-state index >= 15 is 0 Å². The Morgan fingerprint density at radius 1 is 0.944 bits per heavy atom. The second-order valence-corrected chi connectivity index (χ2v) is 7.21. The number of rotatable bonds is 10. The second-order valence-electron chi connectivity index (χ2n) is 4.85. The van der Waals surface area contributed by atoms with Crippen LogP contribution < -0.4 is 0 Å². The number of hydrogen-bond acceptors (Lipinski definition) is 1. The molecule has 18 heavy (non-hydrogen) atoms. The number of halogens is 3. The summed E-state index contributed by atoms with van der Waals surface area (Å²) < 4.78 is -1.18. The van der Waals surface area contributed by atoms with Crippen LogP contribution in [0.1, 0.15) is 71.1 Å². The van der Waals surface area contributed by atoms with Gasteiger partial charge in [0.1, 0.15) is 0 Å². The number of nitriles is 1. The lowest BCUT2D eigenvalue weighted by atomic mass is 9.96. The molecule has 0 amide bonds. The van der Waals surface area contributed by atoms with Crippen molar-refractivity contribution in [1.29, 1.82) is 5.26 Å². The first-order chi connectivity index (χ1) is 8.52. The van der Waals surface area contributed by atoms with Gasteiger partial charge in [-0.05, 0) is 19.3 Å². The van der Waals surface area contributed by atoms with Crippen LogP contribution in [0.3, 0.4) is 0 Å². The summed E-state index contributed by atoms with van der Waals surface area (Å²) in [5.74, 6) is 0.0852. The molecule has 0 aromatic heterocycles. The van der Waals surface area contributed by atoms with E-state index in [0.717, 1.165) is 25.7 Å². The molecular weight excluding hydrogens is 289 g/mol. The van der Waals surface area contributed by atoms with E-state index in [1.807, 2.05) is 0 Å². The third kappa shape index (κ3) is 10.3. The minimum atomic E-state index is -1.18. The highest BCUT2D eigenvalue weighted by Crippen LogP contribution is 2.40. The van der Waals surface area contributed by atoms with Crippen LogP contribution in [0.5, 0.6) is 0 Å². The van der Waals surface area contributed by atoms with Crippen molar-refractivity contribution in [2.24, 2.45) is 5.92 Å². The molecule has 106 valence electrons. The Labute approximate surface area is 127 Å². The lowest BCUT2D eigenvalue weighted by molar-refractivity contribution is 0.420. The summed E-state index contributed by atoms with van der Waals surface area (Å²) in [6, 6.07) is 2.14. The summed E-state index contributed by atoms with van der Waals surface area (Å²) in [4.78, 5) is 0. The number of unbranched alkanes of at least 4 members (excludes halogenated alkanes) is 6. The Bertz CT molecular complexity index is 230. The molecule has 0 fully saturated rings. The molecule has 0 aliphatic heterocycles. The zero-order chi connectivity index (χ0) is 13.9. The predicted octanol–water partition coefficient (Wildman–Crippen LogP) is 6.42. The van der Waals surface area contributed by atoms with E-state index < -0.39 is 3.79 Å². The van der Waals surface area contributed by atoms with Crippen LogP contribution in [0.25, 0.3) is 0 Å². The van der Waals surface area contributed by atoms with Gasteiger partial charge in [-0.1, -0.05) is 80.3 Å². The lowest BCUT2D eigenvalue weighted by Crippen LogP contribution is -2.19. The van der Waals surface area contributed by atoms with E-state index in [1.54, 1.807) is 0 Å². The van der Waals surface area contributed by atoms with Crippen molar-refractivity contribution in [1.82, 2.24) is 0 Å². The number of nitrogens with zero attached hydrogens (tertiary/aromatic N) is 1. The Hall–Kier alpha value is 0.360. The summed E-state index contributed by atoms with van der Waals surface area (Å²) in [7, 11) is 0. The SMILES string of the molecule is CCCCCCCCC(CCCC#N)C(Cl)(Cl)Cl. The third-order valence-corrected chi connectivity index (χ3v) is 4.14. The first kappa shape index (κ1) is 18.4. The van der Waals surface area contributed by atoms with Gasteiger partial charge in [-0.2, -0.15) is 5.26 Å². The standard InChI is InChI=1S/C14H24Cl3N/c1-2-3-4-5-6-7-10-13(14(15,16)17)11-8-9-12-18/h13H,2-11H2,1H3. The van der Waals surface area contributed by atoms with Crippen molar-refractivity contribution >= 4 is 34.8 Å². The van der Waals surface area contributed by atoms with Crippen LogP contribution in [-0.4, -0.2) is 3.79 Å². The van der Waals surface area contributed by atoms with Gasteiger partial charge < -0.3 is 0 Å². The molecule has 0 saturated carbocycles. The van der Waals surface area contributed by atoms with Crippen LogP contribution in [-0.2, 0) is 0 Å². The fourth-order valence-electron chi connectivity index (χ4n) is 2.07. The average molecular weight is 313 g/mol. The molecule has 0 heterocycles. The quantitative estimate of drug-likeness (QED) is 0.337. The van der Waals surface area contributed by atoms with Gasteiger partial charge in [0.25, 0.3) is 0 Å². The summed E-state index contributed by atoms with van der Waals surface area (Å²) >= 11 is 18.0. The van der Waals surface area contributed by atoms with Gasteiger partial charge in [0, 0.05) is 12.3 Å². The molecule has 0 aliphatic rings. The molecule has 0 radical (unpaired) electrons. The van der Waals surface area contributed by atoms with Gasteiger partial charge in [-0.25, -0.2) is 0 Å². The van der Waals surface area contributed by atoms with Crippen LogP contribution in [0, 0.1) is 17.2 Å². The molecule has 0 saturated heterocycles. The Morgan fingerprint density at radius 2 is 1.50 bits per heavy atom. The van der Waals surface area contributed by atoms with E-state index in [1.165, 1.54) is 32.1 Å². The molecule has 0 bridgehead atoms. The van der Waals surface area contributed by atoms with E-state index in [0.29, 0.717) is 6.42 Å². The number of alkyl halides is 3. The molecular formula is C14H24Cl3N. The highest BCUT2D eigenvalue weighted by molar-refractivity contribution is 6.67. The maximum Gasteiger partial charge on any atom is 0.193 e. The molecule has 4 heteroatoms. The molecule has 0 rings (SSSR count). The predicted molar refractivity (Wildman–Crippen MR) is 81.2 cm³/mol. The van der Waals surface area contributed by atoms with E-state index in [-0.39, 0.29) is 5.92 Å². The van der Waals surface area contributed by atoms with Crippen LogP contribution in [0.2, 0.25) is 0 Å². The zero-order valence-electron chi connectivity index (χ0n) is 11.2. The highest BCUT2D eigenvalue weighted by Gasteiger charge is 2.31. The summed E-state index contributed by atoms with van der Waals surface area (Å²) in [5.41, 5.74) is 0. The summed E-state index contributed by atoms with van der Waals surface area (Å²) in [5, 5.41) is 8.53. The molecule has 1 atom stereocenters. The summed E-state index contributed by atoms with van der Waals surface area (Å²) in [6.07, 6.45) is 10.7. The van der Waals surface area contributed by atoms with Gasteiger partial charge in [0.2, 0.25) is 0 Å². The fraction of sp³-hybridized carbons (Fsp3) is 0.929. The topological polar surface area (TPSA) is 23.8 Å². The minimum Gasteiger partial charge on any atom is -0.198 e. The molecule has 0 aromatic carbocycles. The largest absolute Gasteiger partial charge is 0.198 e. The fourth-order valence-corrected chi connectivity index (χ4v) is 2.72. The Balaban J connectivity index is 3.78. The zero-order valence-corrected chi connectivity index (χ0v) is 13.5. The maximum absolute atomic E-state index is 8.53. The van der Waals surface area contributed by atoms with E-state index in [2.05, 4.69) is 13.0 Å². The van der Waals surface area contributed by atoms with Crippen molar-refractivity contribution < 1.29 is 0 Å². The van der Waals surface area contributed by atoms with Gasteiger partial charge in [-0.15, -0.1) is 0 Å². The lowest BCUT2D eigenvalue weighted by Gasteiger charge is -2.24. The normalized spacial score (nSPS) is 13.3. The van der Waals surface area contributed by atoms with Crippen molar-refractivity contribution in [3.63, 3.8) is 0 Å². The first-order valence-electron chi connectivity index (χ1n) is 6.96. The molecule has 0 N–H and O–H groups in total. The number of hydrogen-bond donors (Lipinski definition) is 0. The molecule has 0 aliphatic carbocycles. The first-order valence-corrected chi connectivity index (χ1v) is 8.09. The van der Waals surface area contributed by atoms with Gasteiger partial charge in [-0.3, -0.25) is 0 Å². The smallest absolute Gasteiger partial charge is 0.193 e. The molecule has 1 nitrogen and oxygen atoms in total. The molecule has 0 aromatic rings. The molecule has 0 spiro atoms. The Kier molecular flexibility index (Phi) is 11.4. The Morgan fingerprint density at radius 3 is 2.06 bits per heavy atom. The van der Waals surface area contributed by atoms with E-state index in [4.69, 9.17) is 40.1 Å². The maximum atomic E-state index is 8.53. The van der Waals surface area contributed by atoms with Crippen molar-refractivity contribution in [2.75, 3.05) is 0 Å². The monoisotopic (exact) mass is 311 g/mol. The van der Waals surface area contributed by atoms with Gasteiger partial charge in [0.15, 0.2) is 3.79 Å². The van der Waals surface area contributed by atoms with Crippen LogP contribution in [0.4, 0.5) is 0 Å². The summed E-state index contributed by atoms with van der Waals surface area (Å²) in [6.45, 7) is 2.22. The minimum absolute atomic E-state index is 0.0852. The van der Waals surface area contributed by atoms with Crippen LogP contribution in [0.15, 0.2) is 0 Å². The van der Waals surface area contributed by atoms with Crippen LogP contribution >= 0.6 is 34.8 Å². The molecule has 1 unspecified atom stereocenters. The average Bonchev–Trinajstić information content (AvgIpc) is 2.30. The highest BCUT2D eigenvalue weighted by atomic mass is 35.6. The van der Waals surface area contributed by atoms with E-state index in [9.17, 15) is 0 Å². The van der Waals surface area contributed by atoms with Gasteiger partial charge in [0.05, 0.1) is 6.07 Å². The van der Waals surface area contributed by atoms with Gasteiger partial charge >= 0.3 is 0 Å². The van der Waals surface area contributed by atoms with Crippen molar-refractivity contribution in [2.45, 2.75) is 74.9 Å². The van der Waals surface area contributed by atoms with Crippen molar-refractivity contribution in [3.05, 3.63) is 0 Å². The van der Waals surface area contributed by atoms with Crippen molar-refractivity contribution in [3.8, 4) is 6.07 Å².